The molecule has 0 amide bonds. The van der Waals surface area contributed by atoms with Gasteiger partial charge in [-0.2, -0.15) is 21.6 Å². The second-order valence-corrected chi connectivity index (χ2v) is 7.95. The van der Waals surface area contributed by atoms with Crippen LogP contribution in [0.1, 0.15) is 31.9 Å². The Morgan fingerprint density at radius 3 is 2.17 bits per heavy atom. The number of nitrogens with zero attached hydrogens (tertiary/aromatic N) is 1. The summed E-state index contributed by atoms with van der Waals surface area (Å²) in [7, 11) is -4.07. The Balaban J connectivity index is 2.29. The molecule has 24 heavy (non-hydrogen) atoms. The molecule has 4 nitrogen and oxygen atoms in total. The molecule has 1 N–H and O–H groups in total. The average Bonchev–Trinajstić information content (AvgIpc) is 2.45. The van der Waals surface area contributed by atoms with Crippen LogP contribution in [-0.4, -0.2) is 13.4 Å². The number of nitrogens with one attached hydrogen (secondary N) is 1. The van der Waals surface area contributed by atoms with E-state index in [-0.39, 0.29) is 5.41 Å². The minimum atomic E-state index is -4.57. The van der Waals surface area contributed by atoms with Gasteiger partial charge >= 0.3 is 6.18 Å². The molecule has 0 fully saturated rings. The molecule has 2 rings (SSSR count). The maximum absolute atomic E-state index is 12.5. The number of hydrogen-bond donors (Lipinski definition) is 1. The fourth-order valence-electron chi connectivity index (χ4n) is 1.96. The van der Waals surface area contributed by atoms with E-state index in [4.69, 9.17) is 0 Å². The van der Waals surface area contributed by atoms with Crippen LogP contribution < -0.4 is 4.72 Å². The van der Waals surface area contributed by atoms with Gasteiger partial charge in [-0.15, -0.1) is 0 Å². The normalized spacial score (nSPS) is 12.9. The summed E-state index contributed by atoms with van der Waals surface area (Å²) in [4.78, 5) is 3.41. The number of pyridine rings is 1. The molecule has 0 aliphatic carbocycles. The van der Waals surface area contributed by atoms with E-state index in [2.05, 4.69) is 9.71 Å². The zero-order valence-corrected chi connectivity index (χ0v) is 14.2. The van der Waals surface area contributed by atoms with Gasteiger partial charge in [0.15, 0.2) is 5.03 Å². The minimum absolute atomic E-state index is 0.173. The number of benzene rings is 1. The van der Waals surface area contributed by atoms with Crippen LogP contribution in [0.2, 0.25) is 0 Å². The Labute approximate surface area is 138 Å². The molecule has 0 saturated carbocycles. The van der Waals surface area contributed by atoms with E-state index in [1.165, 1.54) is 0 Å². The molecule has 0 spiro atoms. The Hall–Kier alpha value is -2.09. The van der Waals surface area contributed by atoms with Crippen LogP contribution in [0.4, 0.5) is 18.9 Å². The molecule has 0 radical (unpaired) electrons. The van der Waals surface area contributed by atoms with Crippen molar-refractivity contribution in [3.05, 3.63) is 53.7 Å². The Kier molecular flexibility index (Phi) is 4.63. The third-order valence-electron chi connectivity index (χ3n) is 3.32. The van der Waals surface area contributed by atoms with Gasteiger partial charge in [0.05, 0.1) is 5.56 Å². The second kappa shape index (κ2) is 6.08. The molecular weight excluding hydrogens is 341 g/mol. The number of halogens is 3. The van der Waals surface area contributed by atoms with Gasteiger partial charge in [-0.25, -0.2) is 4.98 Å². The Bertz CT molecular complexity index is 824. The van der Waals surface area contributed by atoms with Crippen molar-refractivity contribution < 1.29 is 21.6 Å². The number of aromatic nitrogens is 1. The van der Waals surface area contributed by atoms with Gasteiger partial charge in [0.25, 0.3) is 10.0 Å². The monoisotopic (exact) mass is 358 g/mol. The van der Waals surface area contributed by atoms with E-state index in [0.29, 0.717) is 18.0 Å². The standard InChI is InChI=1S/C16H17F3N2O2S/c1-15(2,3)11-5-4-6-13(9-11)21-24(22,23)14-8-7-12(10-20-14)16(17,18)19/h4-10,21H,1-3H3. The van der Waals surface area contributed by atoms with Gasteiger partial charge in [0.1, 0.15) is 0 Å². The van der Waals surface area contributed by atoms with Crippen LogP contribution in [0.5, 0.6) is 0 Å². The summed E-state index contributed by atoms with van der Waals surface area (Å²) in [5.74, 6) is 0. The molecule has 0 saturated heterocycles. The molecule has 8 heteroatoms. The van der Waals surface area contributed by atoms with Gasteiger partial charge < -0.3 is 0 Å². The van der Waals surface area contributed by atoms with Crippen molar-refractivity contribution in [1.82, 2.24) is 4.98 Å². The summed E-state index contributed by atoms with van der Waals surface area (Å²) in [6.45, 7) is 5.95. The maximum atomic E-state index is 12.5. The summed E-state index contributed by atoms with van der Waals surface area (Å²) >= 11 is 0. The van der Waals surface area contributed by atoms with E-state index in [0.717, 1.165) is 11.6 Å². The third-order valence-corrected chi connectivity index (χ3v) is 4.62. The van der Waals surface area contributed by atoms with Crippen molar-refractivity contribution in [3.8, 4) is 0 Å². The summed E-state index contributed by atoms with van der Waals surface area (Å²) in [6.07, 6.45) is -4.07. The molecule has 130 valence electrons. The number of rotatable bonds is 3. The number of anilines is 1. The minimum Gasteiger partial charge on any atom is -0.278 e. The first-order chi connectivity index (χ1) is 10.9. The highest BCUT2D eigenvalue weighted by Crippen LogP contribution is 2.29. The lowest BCUT2D eigenvalue weighted by Crippen LogP contribution is -2.17. The summed E-state index contributed by atoms with van der Waals surface area (Å²) < 4.78 is 64.4. The van der Waals surface area contributed by atoms with Crippen LogP contribution in [0.3, 0.4) is 0 Å². The number of hydrogen-bond acceptors (Lipinski definition) is 3. The van der Waals surface area contributed by atoms with Crippen LogP contribution in [-0.2, 0) is 21.6 Å². The summed E-state index contributed by atoms with van der Waals surface area (Å²) in [6, 6.07) is 8.34. The predicted octanol–water partition coefficient (Wildman–Crippen LogP) is 4.20. The van der Waals surface area contributed by atoms with Crippen molar-refractivity contribution in [2.24, 2.45) is 0 Å². The lowest BCUT2D eigenvalue weighted by atomic mass is 9.87. The quantitative estimate of drug-likeness (QED) is 0.895. The molecule has 1 aromatic carbocycles. The molecular formula is C16H17F3N2O2S. The van der Waals surface area contributed by atoms with E-state index >= 15 is 0 Å². The molecule has 0 atom stereocenters. The Morgan fingerprint density at radius 2 is 1.67 bits per heavy atom. The zero-order chi connectivity index (χ0) is 18.2. The SMILES string of the molecule is CC(C)(C)c1cccc(NS(=O)(=O)c2ccc(C(F)(F)F)cn2)c1. The smallest absolute Gasteiger partial charge is 0.278 e. The van der Waals surface area contributed by atoms with Crippen molar-refractivity contribution in [3.63, 3.8) is 0 Å². The summed E-state index contributed by atoms with van der Waals surface area (Å²) in [5.41, 5.74) is 0.0667. The van der Waals surface area contributed by atoms with E-state index in [1.807, 2.05) is 26.8 Å². The number of sulfonamides is 1. The van der Waals surface area contributed by atoms with Gasteiger partial charge in [0, 0.05) is 11.9 Å². The first-order valence-corrected chi connectivity index (χ1v) is 8.54. The molecule has 0 unspecified atom stereocenters. The fourth-order valence-corrected chi connectivity index (χ4v) is 2.94. The molecule has 0 aliphatic rings. The number of alkyl halides is 3. The van der Waals surface area contributed by atoms with Crippen LogP contribution >= 0.6 is 0 Å². The van der Waals surface area contributed by atoms with Crippen molar-refractivity contribution in [2.75, 3.05) is 4.72 Å². The zero-order valence-electron chi connectivity index (χ0n) is 13.3. The first kappa shape index (κ1) is 18.3. The highest BCUT2D eigenvalue weighted by atomic mass is 32.2. The summed E-state index contributed by atoms with van der Waals surface area (Å²) in [5, 5.41) is -0.475. The molecule has 0 bridgehead atoms. The highest BCUT2D eigenvalue weighted by Gasteiger charge is 2.31. The van der Waals surface area contributed by atoms with E-state index in [1.54, 1.807) is 18.2 Å². The van der Waals surface area contributed by atoms with Crippen LogP contribution in [0, 0.1) is 0 Å². The maximum Gasteiger partial charge on any atom is 0.417 e. The lowest BCUT2D eigenvalue weighted by molar-refractivity contribution is -0.137. The topological polar surface area (TPSA) is 59.1 Å². The Morgan fingerprint density at radius 1 is 1.00 bits per heavy atom. The van der Waals surface area contributed by atoms with Crippen molar-refractivity contribution in [1.29, 1.82) is 0 Å². The lowest BCUT2D eigenvalue weighted by Gasteiger charge is -2.20. The molecule has 2 aromatic rings. The van der Waals surface area contributed by atoms with Gasteiger partial charge in [-0.3, -0.25) is 4.72 Å². The van der Waals surface area contributed by atoms with Crippen LogP contribution in [0.15, 0.2) is 47.6 Å². The third kappa shape index (κ3) is 4.25. The van der Waals surface area contributed by atoms with Gasteiger partial charge in [-0.05, 0) is 35.2 Å². The largest absolute Gasteiger partial charge is 0.417 e. The predicted molar refractivity (Wildman–Crippen MR) is 85.2 cm³/mol. The second-order valence-electron chi connectivity index (χ2n) is 6.32. The van der Waals surface area contributed by atoms with E-state index in [9.17, 15) is 21.6 Å². The molecule has 1 heterocycles. The van der Waals surface area contributed by atoms with E-state index < -0.39 is 26.8 Å². The van der Waals surface area contributed by atoms with Crippen LogP contribution in [0.25, 0.3) is 0 Å². The van der Waals surface area contributed by atoms with Gasteiger partial charge in [-0.1, -0.05) is 32.9 Å². The van der Waals surface area contributed by atoms with Gasteiger partial charge in [0.2, 0.25) is 0 Å². The van der Waals surface area contributed by atoms with Crippen molar-refractivity contribution in [2.45, 2.75) is 37.4 Å². The highest BCUT2D eigenvalue weighted by molar-refractivity contribution is 7.92. The molecule has 0 aliphatic heterocycles. The fraction of sp³-hybridized carbons (Fsp3) is 0.312. The molecule has 1 aromatic heterocycles. The first-order valence-electron chi connectivity index (χ1n) is 7.06. The average molecular weight is 358 g/mol. The van der Waals surface area contributed by atoms with Crippen molar-refractivity contribution >= 4 is 15.7 Å².